The second-order valence-electron chi connectivity index (χ2n) is 5.20. The molecule has 1 heterocycles. The number of hydrogen-bond donors (Lipinski definition) is 1. The van der Waals surface area contributed by atoms with Gasteiger partial charge in [0.25, 0.3) is 5.91 Å². The van der Waals surface area contributed by atoms with Crippen LogP contribution in [0.3, 0.4) is 0 Å². The molecule has 1 aliphatic rings. The monoisotopic (exact) mass is 358 g/mol. The zero-order valence-corrected chi connectivity index (χ0v) is 13.7. The van der Waals surface area contributed by atoms with Crippen molar-refractivity contribution < 1.29 is 13.9 Å². The van der Waals surface area contributed by atoms with E-state index in [9.17, 15) is 9.18 Å². The summed E-state index contributed by atoms with van der Waals surface area (Å²) in [6.07, 6.45) is 2.19. The Balaban J connectivity index is 2.11. The van der Waals surface area contributed by atoms with Gasteiger partial charge in [-0.2, -0.15) is 0 Å². The molecule has 0 aliphatic carbocycles. The number of rotatable bonds is 6. The van der Waals surface area contributed by atoms with E-state index in [0.717, 1.165) is 19.4 Å². The Morgan fingerprint density at radius 1 is 1.52 bits per heavy atom. The molecule has 0 saturated carbocycles. The van der Waals surface area contributed by atoms with Crippen LogP contribution < -0.4 is 5.32 Å². The SMILES string of the molecule is COCCN(CC1CCCN1)C(=O)c1cc(F)cc(Br)c1. The number of carbonyl (C=O) groups is 1. The summed E-state index contributed by atoms with van der Waals surface area (Å²) in [5.74, 6) is -0.584. The molecule has 1 saturated heterocycles. The number of amides is 1. The number of carbonyl (C=O) groups excluding carboxylic acids is 1. The summed E-state index contributed by atoms with van der Waals surface area (Å²) in [7, 11) is 1.61. The largest absolute Gasteiger partial charge is 0.383 e. The third-order valence-electron chi connectivity index (χ3n) is 3.57. The average molecular weight is 359 g/mol. The molecule has 1 atom stereocenters. The fraction of sp³-hybridized carbons (Fsp3) is 0.533. The summed E-state index contributed by atoms with van der Waals surface area (Å²) in [5, 5.41) is 3.37. The molecule has 0 aromatic heterocycles. The van der Waals surface area contributed by atoms with Gasteiger partial charge in [0, 0.05) is 36.3 Å². The minimum absolute atomic E-state index is 0.166. The van der Waals surface area contributed by atoms with E-state index in [-0.39, 0.29) is 5.91 Å². The summed E-state index contributed by atoms with van der Waals surface area (Å²) in [6, 6.07) is 4.57. The maximum absolute atomic E-state index is 13.5. The minimum atomic E-state index is -0.418. The highest BCUT2D eigenvalue weighted by molar-refractivity contribution is 9.10. The van der Waals surface area contributed by atoms with E-state index in [2.05, 4.69) is 21.2 Å². The standard InChI is InChI=1S/C15H20BrFN2O2/c1-21-6-5-19(10-14-3-2-4-18-14)15(20)11-7-12(16)9-13(17)8-11/h7-9,14,18H,2-6,10H2,1H3. The minimum Gasteiger partial charge on any atom is -0.383 e. The quantitative estimate of drug-likeness (QED) is 0.848. The van der Waals surface area contributed by atoms with Crippen LogP contribution >= 0.6 is 15.9 Å². The first-order valence-corrected chi connectivity index (χ1v) is 7.87. The van der Waals surface area contributed by atoms with Gasteiger partial charge in [-0.1, -0.05) is 15.9 Å². The molecule has 0 radical (unpaired) electrons. The van der Waals surface area contributed by atoms with Gasteiger partial charge < -0.3 is 15.0 Å². The summed E-state index contributed by atoms with van der Waals surface area (Å²) in [5.41, 5.74) is 0.357. The molecule has 2 rings (SSSR count). The van der Waals surface area contributed by atoms with E-state index in [1.165, 1.54) is 12.1 Å². The lowest BCUT2D eigenvalue weighted by molar-refractivity contribution is 0.0678. The Hall–Kier alpha value is -0.980. The molecule has 6 heteroatoms. The Labute approximate surface area is 132 Å². The van der Waals surface area contributed by atoms with Gasteiger partial charge in [0.15, 0.2) is 0 Å². The van der Waals surface area contributed by atoms with Crippen LogP contribution in [0.1, 0.15) is 23.2 Å². The van der Waals surface area contributed by atoms with E-state index in [1.807, 2.05) is 0 Å². The highest BCUT2D eigenvalue weighted by atomic mass is 79.9. The van der Waals surface area contributed by atoms with Crippen molar-refractivity contribution in [3.63, 3.8) is 0 Å². The molecule has 1 aromatic rings. The van der Waals surface area contributed by atoms with Gasteiger partial charge >= 0.3 is 0 Å². The molecule has 1 unspecified atom stereocenters. The van der Waals surface area contributed by atoms with Crippen LogP contribution in [0.4, 0.5) is 4.39 Å². The summed E-state index contributed by atoms with van der Waals surface area (Å²) in [4.78, 5) is 14.3. The molecule has 1 aliphatic heterocycles. The summed E-state index contributed by atoms with van der Waals surface area (Å²) in [6.45, 7) is 2.58. The average Bonchev–Trinajstić information content (AvgIpc) is 2.94. The molecule has 1 aromatic carbocycles. The number of halogens is 2. The number of nitrogens with zero attached hydrogens (tertiary/aromatic N) is 1. The number of hydrogen-bond acceptors (Lipinski definition) is 3. The molecule has 1 fully saturated rings. The molecule has 116 valence electrons. The van der Waals surface area contributed by atoms with Crippen LogP contribution in [0.15, 0.2) is 22.7 Å². The first kappa shape index (κ1) is 16.4. The maximum atomic E-state index is 13.5. The normalized spacial score (nSPS) is 18.0. The highest BCUT2D eigenvalue weighted by Gasteiger charge is 2.22. The van der Waals surface area contributed by atoms with Gasteiger partial charge in [0.1, 0.15) is 5.82 Å². The van der Waals surface area contributed by atoms with Gasteiger partial charge in [0.2, 0.25) is 0 Å². The maximum Gasteiger partial charge on any atom is 0.254 e. The lowest BCUT2D eigenvalue weighted by atomic mass is 10.1. The van der Waals surface area contributed by atoms with Gasteiger partial charge in [-0.3, -0.25) is 4.79 Å². The lowest BCUT2D eigenvalue weighted by Crippen LogP contribution is -2.42. The van der Waals surface area contributed by atoms with Crippen molar-refractivity contribution >= 4 is 21.8 Å². The van der Waals surface area contributed by atoms with Gasteiger partial charge in [-0.15, -0.1) is 0 Å². The van der Waals surface area contributed by atoms with Crippen molar-refractivity contribution in [2.75, 3.05) is 33.4 Å². The molecule has 1 amide bonds. The molecule has 1 N–H and O–H groups in total. The van der Waals surface area contributed by atoms with Crippen molar-refractivity contribution in [3.8, 4) is 0 Å². The van der Waals surface area contributed by atoms with Crippen LogP contribution in [-0.2, 0) is 4.74 Å². The summed E-state index contributed by atoms with van der Waals surface area (Å²) >= 11 is 3.22. The third kappa shape index (κ3) is 4.76. The Morgan fingerprint density at radius 3 is 2.95 bits per heavy atom. The Morgan fingerprint density at radius 2 is 2.33 bits per heavy atom. The van der Waals surface area contributed by atoms with Gasteiger partial charge in [0.05, 0.1) is 6.61 Å². The number of ether oxygens (including phenoxy) is 1. The topological polar surface area (TPSA) is 41.6 Å². The zero-order valence-electron chi connectivity index (χ0n) is 12.1. The molecule has 4 nitrogen and oxygen atoms in total. The predicted octanol–water partition coefficient (Wildman–Crippen LogP) is 2.43. The van der Waals surface area contributed by atoms with Crippen molar-refractivity contribution in [1.29, 1.82) is 0 Å². The molecular formula is C15H20BrFN2O2. The van der Waals surface area contributed by atoms with E-state index >= 15 is 0 Å². The van der Waals surface area contributed by atoms with Crippen LogP contribution in [0.2, 0.25) is 0 Å². The first-order valence-electron chi connectivity index (χ1n) is 7.08. The molecule has 21 heavy (non-hydrogen) atoms. The van der Waals surface area contributed by atoms with Crippen LogP contribution in [0, 0.1) is 5.82 Å². The van der Waals surface area contributed by atoms with Crippen molar-refractivity contribution in [2.24, 2.45) is 0 Å². The Kier molecular flexibility index (Phi) is 6.14. The van der Waals surface area contributed by atoms with E-state index < -0.39 is 5.82 Å². The lowest BCUT2D eigenvalue weighted by Gasteiger charge is -2.26. The Bertz CT molecular complexity index is 472. The fourth-order valence-corrected chi connectivity index (χ4v) is 2.98. The van der Waals surface area contributed by atoms with Crippen molar-refractivity contribution in [2.45, 2.75) is 18.9 Å². The smallest absolute Gasteiger partial charge is 0.254 e. The van der Waals surface area contributed by atoms with Crippen LogP contribution in [0.25, 0.3) is 0 Å². The van der Waals surface area contributed by atoms with Crippen LogP contribution in [-0.4, -0.2) is 50.2 Å². The summed E-state index contributed by atoms with van der Waals surface area (Å²) < 4.78 is 19.1. The van der Waals surface area contributed by atoms with Gasteiger partial charge in [-0.25, -0.2) is 4.39 Å². The highest BCUT2D eigenvalue weighted by Crippen LogP contribution is 2.17. The van der Waals surface area contributed by atoms with Crippen molar-refractivity contribution in [1.82, 2.24) is 10.2 Å². The number of nitrogens with one attached hydrogen (secondary N) is 1. The first-order chi connectivity index (χ1) is 10.1. The van der Waals surface area contributed by atoms with E-state index in [4.69, 9.17) is 4.74 Å². The van der Waals surface area contributed by atoms with E-state index in [1.54, 1.807) is 18.1 Å². The van der Waals surface area contributed by atoms with Crippen molar-refractivity contribution in [3.05, 3.63) is 34.1 Å². The zero-order chi connectivity index (χ0) is 15.2. The second kappa shape index (κ2) is 7.87. The second-order valence-corrected chi connectivity index (χ2v) is 6.11. The van der Waals surface area contributed by atoms with Crippen LogP contribution in [0.5, 0.6) is 0 Å². The third-order valence-corrected chi connectivity index (χ3v) is 4.02. The molecular weight excluding hydrogens is 339 g/mol. The predicted molar refractivity (Wildman–Crippen MR) is 82.9 cm³/mol. The number of benzene rings is 1. The van der Waals surface area contributed by atoms with Gasteiger partial charge in [-0.05, 0) is 37.6 Å². The fourth-order valence-electron chi connectivity index (χ4n) is 2.52. The number of methoxy groups -OCH3 is 1. The molecule has 0 bridgehead atoms. The molecule has 0 spiro atoms. The van der Waals surface area contributed by atoms with E-state index in [0.29, 0.717) is 35.8 Å².